The fourth-order valence-electron chi connectivity index (χ4n) is 2.70. The molecule has 0 aliphatic heterocycles. The molecule has 1 aromatic carbocycles. The molecular weight excluding hydrogens is 350 g/mol. The van der Waals surface area contributed by atoms with Gasteiger partial charge in [0.25, 0.3) is 5.69 Å². The van der Waals surface area contributed by atoms with Gasteiger partial charge in [0.1, 0.15) is 0 Å². The van der Waals surface area contributed by atoms with Crippen molar-refractivity contribution < 1.29 is 4.92 Å². The van der Waals surface area contributed by atoms with E-state index in [0.29, 0.717) is 22.1 Å². The van der Waals surface area contributed by atoms with E-state index >= 15 is 0 Å². The smallest absolute Gasteiger partial charge is 0.262 e. The van der Waals surface area contributed by atoms with Crippen LogP contribution < -0.4 is 0 Å². The zero-order chi connectivity index (χ0) is 18.1. The quantitative estimate of drug-likeness (QED) is 0.426. The van der Waals surface area contributed by atoms with E-state index in [1.54, 1.807) is 11.6 Å². The van der Waals surface area contributed by atoms with Gasteiger partial charge in [-0.1, -0.05) is 30.3 Å². The normalized spacial score (nSPS) is 10.8. The molecule has 0 aliphatic carbocycles. The number of nitro groups is 1. The Kier molecular flexibility index (Phi) is 4.02. The maximum absolute atomic E-state index is 11.7. The van der Waals surface area contributed by atoms with Gasteiger partial charge in [-0.05, 0) is 24.6 Å². The number of H-pyrrole nitrogens is 1. The zero-order valence-electron chi connectivity index (χ0n) is 13.7. The molecule has 0 unspecified atom stereocenters. The maximum Gasteiger partial charge on any atom is 0.298 e. The van der Waals surface area contributed by atoms with Crippen LogP contribution in [-0.4, -0.2) is 25.1 Å². The summed E-state index contributed by atoms with van der Waals surface area (Å²) in [5, 5.41) is 20.5. The molecule has 3 aromatic heterocycles. The SMILES string of the molecule is Cc1cc(-c2nc(-c3scc(-c4ccccc4)c3[N+](=O)[O-])n[nH]2)ccn1. The van der Waals surface area contributed by atoms with Crippen LogP contribution in [-0.2, 0) is 0 Å². The molecule has 0 fully saturated rings. The summed E-state index contributed by atoms with van der Waals surface area (Å²) in [5.74, 6) is 0.864. The number of nitrogens with zero attached hydrogens (tertiary/aromatic N) is 4. The minimum absolute atomic E-state index is 0.0256. The summed E-state index contributed by atoms with van der Waals surface area (Å²) in [6.07, 6.45) is 1.69. The molecule has 0 radical (unpaired) electrons. The standard InChI is InChI=1S/C18H13N5O2S/c1-11-9-13(7-8-19-11)17-20-18(22-21-17)16-15(23(24)25)14(10-26-16)12-5-3-2-4-6-12/h2-10H,1H3,(H,20,21,22). The Balaban J connectivity index is 1.80. The molecule has 1 N–H and O–H groups in total. The highest BCUT2D eigenvalue weighted by Gasteiger charge is 2.27. The molecule has 4 rings (SSSR count). The van der Waals surface area contributed by atoms with Gasteiger partial charge in [-0.2, -0.15) is 5.10 Å². The first kappa shape index (κ1) is 16.1. The predicted octanol–water partition coefficient (Wildman–Crippen LogP) is 4.48. The number of pyridine rings is 1. The van der Waals surface area contributed by atoms with Crippen LogP contribution in [0.4, 0.5) is 5.69 Å². The van der Waals surface area contributed by atoms with Crippen molar-refractivity contribution in [1.29, 1.82) is 0 Å². The second-order valence-corrected chi connectivity index (χ2v) is 6.52. The second kappa shape index (κ2) is 6.49. The number of hydrogen-bond acceptors (Lipinski definition) is 6. The first-order valence-corrected chi connectivity index (χ1v) is 8.68. The third kappa shape index (κ3) is 2.86. The van der Waals surface area contributed by atoms with Gasteiger partial charge in [0, 0.05) is 22.8 Å². The number of hydrogen-bond donors (Lipinski definition) is 1. The van der Waals surface area contributed by atoms with Gasteiger partial charge in [-0.15, -0.1) is 11.3 Å². The number of aromatic amines is 1. The minimum atomic E-state index is -0.374. The first-order valence-electron chi connectivity index (χ1n) is 7.80. The summed E-state index contributed by atoms with van der Waals surface area (Å²) in [6.45, 7) is 1.89. The summed E-state index contributed by atoms with van der Waals surface area (Å²) in [5.41, 5.74) is 3.08. The van der Waals surface area contributed by atoms with E-state index in [4.69, 9.17) is 0 Å². The van der Waals surface area contributed by atoms with Gasteiger partial charge in [0.15, 0.2) is 16.5 Å². The van der Waals surface area contributed by atoms with Crippen molar-refractivity contribution in [3.8, 4) is 33.2 Å². The monoisotopic (exact) mass is 363 g/mol. The lowest BCUT2D eigenvalue weighted by Gasteiger charge is -1.98. The van der Waals surface area contributed by atoms with E-state index in [1.807, 2.05) is 49.4 Å². The number of thiophene rings is 1. The van der Waals surface area contributed by atoms with E-state index in [1.165, 1.54) is 11.3 Å². The second-order valence-electron chi connectivity index (χ2n) is 5.64. The highest BCUT2D eigenvalue weighted by molar-refractivity contribution is 7.14. The molecule has 128 valence electrons. The van der Waals surface area contributed by atoms with Gasteiger partial charge in [0.05, 0.1) is 10.5 Å². The van der Waals surface area contributed by atoms with Gasteiger partial charge in [-0.3, -0.25) is 20.2 Å². The van der Waals surface area contributed by atoms with Crippen molar-refractivity contribution in [1.82, 2.24) is 20.2 Å². The average Bonchev–Trinajstić information content (AvgIpc) is 3.29. The van der Waals surface area contributed by atoms with Crippen molar-refractivity contribution in [2.75, 3.05) is 0 Å². The van der Waals surface area contributed by atoms with Gasteiger partial charge < -0.3 is 0 Å². The molecule has 0 bridgehead atoms. The molecular formula is C18H13N5O2S. The minimum Gasteiger partial charge on any atom is -0.262 e. The first-order chi connectivity index (χ1) is 12.6. The Morgan fingerprint density at radius 2 is 1.96 bits per heavy atom. The number of nitrogens with one attached hydrogen (secondary N) is 1. The van der Waals surface area contributed by atoms with Gasteiger partial charge >= 0.3 is 0 Å². The molecule has 8 heteroatoms. The van der Waals surface area contributed by atoms with E-state index in [0.717, 1.165) is 16.8 Å². The predicted molar refractivity (Wildman–Crippen MR) is 99.8 cm³/mol. The number of aromatic nitrogens is 4. The molecule has 26 heavy (non-hydrogen) atoms. The summed E-state index contributed by atoms with van der Waals surface area (Å²) < 4.78 is 0. The molecule has 0 atom stereocenters. The Labute approximate surface area is 152 Å². The number of rotatable bonds is 4. The maximum atomic E-state index is 11.7. The van der Waals surface area contributed by atoms with Gasteiger partial charge in [0.2, 0.25) is 0 Å². The topological polar surface area (TPSA) is 97.6 Å². The summed E-state index contributed by atoms with van der Waals surface area (Å²) in [6, 6.07) is 13.0. The molecule has 0 spiro atoms. The van der Waals surface area contributed by atoms with E-state index in [9.17, 15) is 10.1 Å². The lowest BCUT2D eigenvalue weighted by molar-refractivity contribution is -0.383. The Morgan fingerprint density at radius 1 is 1.15 bits per heavy atom. The lowest BCUT2D eigenvalue weighted by atomic mass is 10.1. The van der Waals surface area contributed by atoms with Crippen LogP contribution in [0.2, 0.25) is 0 Å². The van der Waals surface area contributed by atoms with Crippen molar-refractivity contribution in [2.45, 2.75) is 6.92 Å². The van der Waals surface area contributed by atoms with Crippen LogP contribution in [0.3, 0.4) is 0 Å². The highest BCUT2D eigenvalue weighted by atomic mass is 32.1. The highest BCUT2D eigenvalue weighted by Crippen LogP contribution is 2.42. The molecule has 0 saturated carbocycles. The molecule has 0 saturated heterocycles. The van der Waals surface area contributed by atoms with Crippen molar-refractivity contribution >= 4 is 17.0 Å². The summed E-state index contributed by atoms with van der Waals surface area (Å²) in [7, 11) is 0. The fourth-order valence-corrected chi connectivity index (χ4v) is 3.68. The summed E-state index contributed by atoms with van der Waals surface area (Å²) >= 11 is 1.27. The van der Waals surface area contributed by atoms with E-state index in [2.05, 4.69) is 20.2 Å². The van der Waals surface area contributed by atoms with Crippen LogP contribution in [0.1, 0.15) is 5.69 Å². The van der Waals surface area contributed by atoms with Crippen LogP contribution in [0.25, 0.3) is 33.2 Å². The average molecular weight is 363 g/mol. The van der Waals surface area contributed by atoms with Gasteiger partial charge in [-0.25, -0.2) is 4.98 Å². The molecule has 4 aromatic rings. The van der Waals surface area contributed by atoms with Crippen molar-refractivity contribution in [2.24, 2.45) is 0 Å². The molecule has 3 heterocycles. The Morgan fingerprint density at radius 3 is 2.69 bits per heavy atom. The van der Waals surface area contributed by atoms with Crippen molar-refractivity contribution in [3.05, 3.63) is 69.8 Å². The summed E-state index contributed by atoms with van der Waals surface area (Å²) in [4.78, 5) is 20.4. The third-order valence-electron chi connectivity index (χ3n) is 3.89. The van der Waals surface area contributed by atoms with Crippen LogP contribution in [0, 0.1) is 17.0 Å². The molecule has 0 aliphatic rings. The van der Waals surface area contributed by atoms with Crippen LogP contribution in [0.15, 0.2) is 54.0 Å². The zero-order valence-corrected chi connectivity index (χ0v) is 14.5. The van der Waals surface area contributed by atoms with E-state index in [-0.39, 0.29) is 10.6 Å². The number of aryl methyl sites for hydroxylation is 1. The Bertz CT molecular complexity index is 1090. The van der Waals surface area contributed by atoms with Crippen LogP contribution in [0.5, 0.6) is 0 Å². The largest absolute Gasteiger partial charge is 0.298 e. The van der Waals surface area contributed by atoms with E-state index < -0.39 is 0 Å². The molecule has 0 amide bonds. The lowest BCUT2D eigenvalue weighted by Crippen LogP contribution is -1.91. The van der Waals surface area contributed by atoms with Crippen molar-refractivity contribution in [3.63, 3.8) is 0 Å². The number of benzene rings is 1. The Hall–Kier alpha value is -3.39. The van der Waals surface area contributed by atoms with Crippen LogP contribution >= 0.6 is 11.3 Å². The molecule has 7 nitrogen and oxygen atoms in total. The third-order valence-corrected chi connectivity index (χ3v) is 4.86. The fraction of sp³-hybridized carbons (Fsp3) is 0.0556.